The summed E-state index contributed by atoms with van der Waals surface area (Å²) in [5.74, 6) is -0.545. The van der Waals surface area contributed by atoms with Gasteiger partial charge in [-0.25, -0.2) is 4.39 Å². The van der Waals surface area contributed by atoms with Gasteiger partial charge in [0.2, 0.25) is 0 Å². The van der Waals surface area contributed by atoms with E-state index in [1.807, 2.05) is 0 Å². The van der Waals surface area contributed by atoms with Crippen molar-refractivity contribution in [1.82, 2.24) is 4.98 Å². The summed E-state index contributed by atoms with van der Waals surface area (Å²) < 4.78 is 19.2. The molecule has 0 radical (unpaired) electrons. The van der Waals surface area contributed by atoms with Gasteiger partial charge in [0.25, 0.3) is 0 Å². The summed E-state index contributed by atoms with van der Waals surface area (Å²) in [5, 5.41) is 0. The molecular formula is C10H14FN3O. The average molecular weight is 211 g/mol. The summed E-state index contributed by atoms with van der Waals surface area (Å²) in [6.07, 6.45) is 3.94. The lowest BCUT2D eigenvalue weighted by Gasteiger charge is -2.40. The zero-order valence-electron chi connectivity index (χ0n) is 8.59. The Morgan fingerprint density at radius 1 is 1.47 bits per heavy atom. The van der Waals surface area contributed by atoms with E-state index in [1.165, 1.54) is 6.20 Å². The third-order valence-corrected chi connectivity index (χ3v) is 3.07. The minimum Gasteiger partial charge on any atom is -0.396 e. The van der Waals surface area contributed by atoms with Gasteiger partial charge in [-0.05, 0) is 19.3 Å². The van der Waals surface area contributed by atoms with Crippen LogP contribution in [0.1, 0.15) is 25.0 Å². The van der Waals surface area contributed by atoms with Gasteiger partial charge in [0, 0.05) is 7.11 Å². The summed E-state index contributed by atoms with van der Waals surface area (Å²) in [6, 6.07) is 0. The van der Waals surface area contributed by atoms with Crippen molar-refractivity contribution in [3.63, 3.8) is 0 Å². The van der Waals surface area contributed by atoms with Crippen LogP contribution in [0.15, 0.2) is 6.20 Å². The second-order valence-corrected chi connectivity index (χ2v) is 3.84. The Bertz CT molecular complexity index is 385. The quantitative estimate of drug-likeness (QED) is 0.775. The smallest absolute Gasteiger partial charge is 0.172 e. The average Bonchev–Trinajstić information content (AvgIpc) is 2.17. The lowest BCUT2D eigenvalue weighted by atomic mass is 9.77. The third kappa shape index (κ3) is 1.34. The molecule has 0 aromatic carbocycles. The second-order valence-electron chi connectivity index (χ2n) is 3.84. The number of anilines is 2. The number of methoxy groups -OCH3 is 1. The Kier molecular flexibility index (Phi) is 2.26. The molecule has 5 heteroatoms. The molecule has 0 aliphatic heterocycles. The van der Waals surface area contributed by atoms with Crippen LogP contribution < -0.4 is 11.5 Å². The van der Waals surface area contributed by atoms with Crippen molar-refractivity contribution in [3.8, 4) is 0 Å². The van der Waals surface area contributed by atoms with E-state index in [1.54, 1.807) is 7.11 Å². The van der Waals surface area contributed by atoms with E-state index in [2.05, 4.69) is 4.98 Å². The number of aromatic nitrogens is 1. The SMILES string of the molecule is COC1(c2ncc(N)c(N)c2F)CCC1. The maximum atomic E-state index is 13.8. The Labute approximate surface area is 87.4 Å². The Morgan fingerprint density at radius 2 is 2.13 bits per heavy atom. The summed E-state index contributed by atoms with van der Waals surface area (Å²) in [7, 11) is 1.56. The van der Waals surface area contributed by atoms with Gasteiger partial charge in [0.1, 0.15) is 11.3 Å². The summed E-state index contributed by atoms with van der Waals surface area (Å²) in [5.41, 5.74) is 10.8. The van der Waals surface area contributed by atoms with E-state index >= 15 is 0 Å². The number of nitrogens with zero attached hydrogens (tertiary/aromatic N) is 1. The molecule has 15 heavy (non-hydrogen) atoms. The Hall–Kier alpha value is -1.36. The number of halogens is 1. The predicted molar refractivity (Wildman–Crippen MR) is 55.6 cm³/mol. The van der Waals surface area contributed by atoms with Crippen LogP contribution in [0.5, 0.6) is 0 Å². The number of ether oxygens (including phenoxy) is 1. The second kappa shape index (κ2) is 3.34. The topological polar surface area (TPSA) is 74.2 Å². The van der Waals surface area contributed by atoms with Crippen molar-refractivity contribution in [2.45, 2.75) is 24.9 Å². The lowest BCUT2D eigenvalue weighted by molar-refractivity contribution is -0.0835. The molecular weight excluding hydrogens is 197 g/mol. The number of hydrogen-bond acceptors (Lipinski definition) is 4. The first-order valence-corrected chi connectivity index (χ1v) is 4.86. The van der Waals surface area contributed by atoms with E-state index in [0.717, 1.165) is 19.3 Å². The molecule has 4 nitrogen and oxygen atoms in total. The monoisotopic (exact) mass is 211 g/mol. The summed E-state index contributed by atoms with van der Waals surface area (Å²) in [6.45, 7) is 0. The van der Waals surface area contributed by atoms with Crippen LogP contribution in [-0.4, -0.2) is 12.1 Å². The maximum Gasteiger partial charge on any atom is 0.172 e. The standard InChI is InChI=1S/C10H14FN3O/c1-15-10(3-2-4-10)9-7(11)8(13)6(12)5-14-9/h5H,2-4,12H2,1H3,(H2,13,14). The first-order chi connectivity index (χ1) is 7.10. The fourth-order valence-corrected chi connectivity index (χ4v) is 1.87. The van der Waals surface area contributed by atoms with Crippen LogP contribution in [0.3, 0.4) is 0 Å². The molecule has 1 aromatic heterocycles. The number of nitrogen functional groups attached to an aromatic ring is 2. The molecule has 4 N–H and O–H groups in total. The minimum absolute atomic E-state index is 0.0386. The molecule has 0 saturated heterocycles. The molecule has 1 heterocycles. The minimum atomic E-state index is -0.591. The van der Waals surface area contributed by atoms with Crippen molar-refractivity contribution in [2.75, 3.05) is 18.6 Å². The van der Waals surface area contributed by atoms with Gasteiger partial charge >= 0.3 is 0 Å². The molecule has 82 valence electrons. The Balaban J connectivity index is 2.49. The molecule has 1 aliphatic carbocycles. The van der Waals surface area contributed by atoms with Gasteiger partial charge in [0.15, 0.2) is 5.82 Å². The summed E-state index contributed by atoms with van der Waals surface area (Å²) >= 11 is 0. The van der Waals surface area contributed by atoms with Crippen molar-refractivity contribution in [3.05, 3.63) is 17.7 Å². The van der Waals surface area contributed by atoms with Crippen LogP contribution >= 0.6 is 0 Å². The van der Waals surface area contributed by atoms with Crippen LogP contribution in [0.4, 0.5) is 15.8 Å². The van der Waals surface area contributed by atoms with E-state index < -0.39 is 11.4 Å². The third-order valence-electron chi connectivity index (χ3n) is 3.07. The largest absolute Gasteiger partial charge is 0.396 e. The van der Waals surface area contributed by atoms with Crippen LogP contribution in [-0.2, 0) is 10.3 Å². The van der Waals surface area contributed by atoms with Crippen molar-refractivity contribution in [2.24, 2.45) is 0 Å². The first-order valence-electron chi connectivity index (χ1n) is 4.86. The molecule has 0 atom stereocenters. The number of hydrogen-bond donors (Lipinski definition) is 2. The molecule has 0 amide bonds. The molecule has 0 bridgehead atoms. The molecule has 1 aromatic rings. The van der Waals surface area contributed by atoms with Crippen molar-refractivity contribution >= 4 is 11.4 Å². The van der Waals surface area contributed by atoms with Crippen molar-refractivity contribution < 1.29 is 9.13 Å². The van der Waals surface area contributed by atoms with Gasteiger partial charge in [-0.2, -0.15) is 0 Å². The highest BCUT2D eigenvalue weighted by Gasteiger charge is 2.42. The van der Waals surface area contributed by atoms with Gasteiger partial charge in [0.05, 0.1) is 17.6 Å². The molecule has 0 unspecified atom stereocenters. The number of rotatable bonds is 2. The van der Waals surface area contributed by atoms with E-state index in [0.29, 0.717) is 0 Å². The van der Waals surface area contributed by atoms with Crippen LogP contribution in [0, 0.1) is 5.82 Å². The first kappa shape index (κ1) is 10.2. The van der Waals surface area contributed by atoms with Gasteiger partial charge in [-0.3, -0.25) is 4.98 Å². The number of pyridine rings is 1. The highest BCUT2D eigenvalue weighted by atomic mass is 19.1. The molecule has 1 saturated carbocycles. The normalized spacial score (nSPS) is 18.5. The van der Waals surface area contributed by atoms with Gasteiger partial charge < -0.3 is 16.2 Å². The van der Waals surface area contributed by atoms with Crippen LogP contribution in [0.25, 0.3) is 0 Å². The molecule has 2 rings (SSSR count). The fraction of sp³-hybridized carbons (Fsp3) is 0.500. The Morgan fingerprint density at radius 3 is 2.60 bits per heavy atom. The highest BCUT2D eigenvalue weighted by Crippen LogP contribution is 2.45. The van der Waals surface area contributed by atoms with Crippen molar-refractivity contribution in [1.29, 1.82) is 0 Å². The van der Waals surface area contributed by atoms with E-state index in [-0.39, 0.29) is 17.1 Å². The van der Waals surface area contributed by atoms with E-state index in [4.69, 9.17) is 16.2 Å². The molecule has 0 spiro atoms. The molecule has 1 fully saturated rings. The van der Waals surface area contributed by atoms with Gasteiger partial charge in [-0.1, -0.05) is 0 Å². The maximum absolute atomic E-state index is 13.8. The fourth-order valence-electron chi connectivity index (χ4n) is 1.87. The zero-order chi connectivity index (χ0) is 11.1. The van der Waals surface area contributed by atoms with E-state index in [9.17, 15) is 4.39 Å². The highest BCUT2D eigenvalue weighted by molar-refractivity contribution is 5.63. The molecule has 1 aliphatic rings. The summed E-state index contributed by atoms with van der Waals surface area (Å²) in [4.78, 5) is 4.00. The van der Waals surface area contributed by atoms with Crippen LogP contribution in [0.2, 0.25) is 0 Å². The number of nitrogens with two attached hydrogens (primary N) is 2. The zero-order valence-corrected chi connectivity index (χ0v) is 8.59. The lowest BCUT2D eigenvalue weighted by Crippen LogP contribution is -2.38. The predicted octanol–water partition coefficient (Wildman–Crippen LogP) is 1.41. The van der Waals surface area contributed by atoms with Gasteiger partial charge in [-0.15, -0.1) is 0 Å².